The number of anilines is 1. The Morgan fingerprint density at radius 1 is 1.26 bits per heavy atom. The number of aromatic nitrogens is 3. The molecule has 2 amide bonds. The Hall–Kier alpha value is -2.95. The Balaban J connectivity index is 1.71. The predicted molar refractivity (Wildman–Crippen MR) is 104 cm³/mol. The van der Waals surface area contributed by atoms with E-state index in [1.54, 1.807) is 0 Å². The van der Waals surface area contributed by atoms with Crippen molar-refractivity contribution in [3.8, 4) is 0 Å². The van der Waals surface area contributed by atoms with Crippen LogP contribution in [0.2, 0.25) is 0 Å². The van der Waals surface area contributed by atoms with Gasteiger partial charge < -0.3 is 15.8 Å². The summed E-state index contributed by atoms with van der Waals surface area (Å²) in [5.41, 5.74) is 3.52. The van der Waals surface area contributed by atoms with Crippen molar-refractivity contribution in [2.45, 2.75) is 56.8 Å². The third kappa shape index (κ3) is 4.71. The molecule has 1 aliphatic carbocycles. The largest absolute Gasteiger partial charge is 0.420 e. The first-order valence-corrected chi connectivity index (χ1v) is 10.1. The first-order valence-electron chi connectivity index (χ1n) is 10.1. The standard InChI is InChI=1S/C20H22F3N5O3/c21-20(22,23)15-16(11-4-5-11)27-28(10-13-3-1-2-8-31-13)17(15)19(30)26-12-6-7-25-14(9-12)18(24)29/h6-7,9,11,13H,1-5,8,10H2,(H2,24,29)(H,25,26,30)/t13-/m1/s1. The molecule has 2 fully saturated rings. The lowest BCUT2D eigenvalue weighted by molar-refractivity contribution is -0.138. The van der Waals surface area contributed by atoms with Gasteiger partial charge in [-0.15, -0.1) is 0 Å². The zero-order chi connectivity index (χ0) is 22.2. The van der Waals surface area contributed by atoms with E-state index >= 15 is 0 Å². The molecule has 1 aliphatic heterocycles. The number of carbonyl (C=O) groups is 2. The summed E-state index contributed by atoms with van der Waals surface area (Å²) in [4.78, 5) is 28.1. The molecule has 3 heterocycles. The van der Waals surface area contributed by atoms with E-state index in [0.717, 1.165) is 17.5 Å². The van der Waals surface area contributed by atoms with E-state index in [2.05, 4.69) is 15.4 Å². The normalized spacial score (nSPS) is 19.3. The average Bonchev–Trinajstić information content (AvgIpc) is 3.49. The van der Waals surface area contributed by atoms with E-state index in [9.17, 15) is 22.8 Å². The number of halogens is 3. The van der Waals surface area contributed by atoms with E-state index < -0.39 is 29.2 Å². The summed E-state index contributed by atoms with van der Waals surface area (Å²) >= 11 is 0. The maximum absolute atomic E-state index is 14.0. The van der Waals surface area contributed by atoms with Crippen molar-refractivity contribution in [1.29, 1.82) is 0 Å². The number of nitrogens with two attached hydrogens (primary N) is 1. The Bertz CT molecular complexity index is 994. The molecule has 3 N–H and O–H groups in total. The highest BCUT2D eigenvalue weighted by Crippen LogP contribution is 2.46. The molecule has 166 valence electrons. The quantitative estimate of drug-likeness (QED) is 0.721. The van der Waals surface area contributed by atoms with Crippen LogP contribution in [-0.2, 0) is 17.5 Å². The number of carbonyl (C=O) groups excluding carboxylic acids is 2. The van der Waals surface area contributed by atoms with Crippen LogP contribution in [0, 0.1) is 0 Å². The molecule has 2 aliphatic rings. The topological polar surface area (TPSA) is 112 Å². The van der Waals surface area contributed by atoms with E-state index in [-0.39, 0.29) is 35.6 Å². The first-order chi connectivity index (χ1) is 14.7. The number of hydrogen-bond donors (Lipinski definition) is 2. The molecule has 31 heavy (non-hydrogen) atoms. The van der Waals surface area contributed by atoms with Crippen LogP contribution >= 0.6 is 0 Å². The van der Waals surface area contributed by atoms with Gasteiger partial charge in [0.2, 0.25) is 0 Å². The van der Waals surface area contributed by atoms with Crippen LogP contribution < -0.4 is 11.1 Å². The molecule has 11 heteroatoms. The Morgan fingerprint density at radius 2 is 2.03 bits per heavy atom. The molecule has 4 rings (SSSR count). The van der Waals surface area contributed by atoms with E-state index in [1.165, 1.54) is 18.3 Å². The van der Waals surface area contributed by atoms with Crippen LogP contribution in [0.4, 0.5) is 18.9 Å². The molecule has 0 bridgehead atoms. The molecule has 1 saturated carbocycles. The third-order valence-electron chi connectivity index (χ3n) is 5.36. The minimum atomic E-state index is -4.74. The molecular weight excluding hydrogens is 415 g/mol. The van der Waals surface area contributed by atoms with Gasteiger partial charge in [0.15, 0.2) is 0 Å². The van der Waals surface area contributed by atoms with Crippen LogP contribution in [0.3, 0.4) is 0 Å². The molecule has 8 nitrogen and oxygen atoms in total. The second-order valence-electron chi connectivity index (χ2n) is 7.80. The van der Waals surface area contributed by atoms with Crippen molar-refractivity contribution in [1.82, 2.24) is 14.8 Å². The van der Waals surface area contributed by atoms with Gasteiger partial charge in [-0.05, 0) is 44.2 Å². The third-order valence-corrected chi connectivity index (χ3v) is 5.36. The van der Waals surface area contributed by atoms with Gasteiger partial charge in [0, 0.05) is 24.4 Å². The average molecular weight is 437 g/mol. The van der Waals surface area contributed by atoms with Gasteiger partial charge in [0.1, 0.15) is 17.0 Å². The van der Waals surface area contributed by atoms with E-state index in [0.29, 0.717) is 25.9 Å². The molecule has 2 aromatic rings. The van der Waals surface area contributed by atoms with E-state index in [1.807, 2.05) is 0 Å². The highest BCUT2D eigenvalue weighted by molar-refractivity contribution is 6.05. The molecular formula is C20H22F3N5O3. The number of primary amides is 1. The number of amides is 2. The second kappa shape index (κ2) is 8.29. The Labute approximate surface area is 176 Å². The molecule has 1 saturated heterocycles. The molecule has 0 aromatic carbocycles. The number of alkyl halides is 3. The Kier molecular flexibility index (Phi) is 5.69. The summed E-state index contributed by atoms with van der Waals surface area (Å²) in [5.74, 6) is -2.09. The minimum Gasteiger partial charge on any atom is -0.376 e. The van der Waals surface area contributed by atoms with Gasteiger partial charge in [-0.2, -0.15) is 18.3 Å². The monoisotopic (exact) mass is 437 g/mol. The highest BCUT2D eigenvalue weighted by Gasteiger charge is 2.46. The number of hydrogen-bond acceptors (Lipinski definition) is 5. The van der Waals surface area contributed by atoms with Crippen molar-refractivity contribution < 1.29 is 27.5 Å². The number of ether oxygens (including phenoxy) is 1. The molecule has 2 aromatic heterocycles. The van der Waals surface area contributed by atoms with Crippen LogP contribution in [0.5, 0.6) is 0 Å². The first kappa shape index (κ1) is 21.3. The number of nitrogens with one attached hydrogen (secondary N) is 1. The summed E-state index contributed by atoms with van der Waals surface area (Å²) in [7, 11) is 0. The van der Waals surface area contributed by atoms with Gasteiger partial charge in [0.05, 0.1) is 18.3 Å². The maximum atomic E-state index is 14.0. The van der Waals surface area contributed by atoms with Crippen molar-refractivity contribution in [2.75, 3.05) is 11.9 Å². The van der Waals surface area contributed by atoms with Crippen molar-refractivity contribution in [2.24, 2.45) is 5.73 Å². The van der Waals surface area contributed by atoms with Gasteiger partial charge in [0.25, 0.3) is 11.8 Å². The van der Waals surface area contributed by atoms with Crippen LogP contribution in [0.15, 0.2) is 18.3 Å². The summed E-state index contributed by atoms with van der Waals surface area (Å²) in [6, 6.07) is 2.57. The zero-order valence-corrected chi connectivity index (χ0v) is 16.6. The fraction of sp³-hybridized carbons (Fsp3) is 0.500. The fourth-order valence-corrected chi connectivity index (χ4v) is 3.74. The zero-order valence-electron chi connectivity index (χ0n) is 16.6. The molecule has 0 spiro atoms. The molecule has 1 atom stereocenters. The summed E-state index contributed by atoms with van der Waals surface area (Å²) in [5, 5.41) is 6.64. The summed E-state index contributed by atoms with van der Waals surface area (Å²) < 4.78 is 48.8. The summed E-state index contributed by atoms with van der Waals surface area (Å²) in [6.45, 7) is 0.587. The van der Waals surface area contributed by atoms with Crippen LogP contribution in [0.25, 0.3) is 0 Å². The lowest BCUT2D eigenvalue weighted by Gasteiger charge is -2.23. The van der Waals surface area contributed by atoms with Crippen LogP contribution in [0.1, 0.15) is 70.3 Å². The highest BCUT2D eigenvalue weighted by atomic mass is 19.4. The van der Waals surface area contributed by atoms with Crippen LogP contribution in [-0.4, -0.2) is 39.3 Å². The number of pyridine rings is 1. The van der Waals surface area contributed by atoms with Crippen molar-refractivity contribution in [3.05, 3.63) is 41.0 Å². The van der Waals surface area contributed by atoms with Gasteiger partial charge >= 0.3 is 6.18 Å². The SMILES string of the molecule is NC(=O)c1cc(NC(=O)c2c(C(F)(F)F)c(C3CC3)nn2C[C@H]2CCCCO2)ccn1. The van der Waals surface area contributed by atoms with Gasteiger partial charge in [-0.1, -0.05) is 0 Å². The minimum absolute atomic E-state index is 0.0570. The smallest absolute Gasteiger partial charge is 0.376 e. The van der Waals surface area contributed by atoms with Gasteiger partial charge in [-0.3, -0.25) is 19.3 Å². The number of nitrogens with zero attached hydrogens (tertiary/aromatic N) is 3. The molecule has 0 radical (unpaired) electrons. The van der Waals surface area contributed by atoms with Gasteiger partial charge in [-0.25, -0.2) is 0 Å². The second-order valence-corrected chi connectivity index (χ2v) is 7.80. The number of rotatable bonds is 6. The molecule has 0 unspecified atom stereocenters. The maximum Gasteiger partial charge on any atom is 0.420 e. The Morgan fingerprint density at radius 3 is 2.65 bits per heavy atom. The predicted octanol–water partition coefficient (Wildman–Crippen LogP) is 3.09. The lowest BCUT2D eigenvalue weighted by Crippen LogP contribution is -2.29. The fourth-order valence-electron chi connectivity index (χ4n) is 3.74. The van der Waals surface area contributed by atoms with Crippen molar-refractivity contribution in [3.63, 3.8) is 0 Å². The van der Waals surface area contributed by atoms with Crippen molar-refractivity contribution >= 4 is 17.5 Å². The lowest BCUT2D eigenvalue weighted by atomic mass is 10.1. The summed E-state index contributed by atoms with van der Waals surface area (Å²) in [6.07, 6.45) is -0.115. The van der Waals surface area contributed by atoms with E-state index in [4.69, 9.17) is 10.5 Å².